The first-order chi connectivity index (χ1) is 16.6. The highest BCUT2D eigenvalue weighted by molar-refractivity contribution is 7.09. The molecule has 0 radical (unpaired) electrons. The van der Waals surface area contributed by atoms with Gasteiger partial charge in [0.15, 0.2) is 0 Å². The minimum absolute atomic E-state index is 0.0678. The van der Waals surface area contributed by atoms with Gasteiger partial charge in [0, 0.05) is 52.1 Å². The van der Waals surface area contributed by atoms with Gasteiger partial charge in [-0.15, -0.1) is 11.3 Å². The van der Waals surface area contributed by atoms with E-state index in [1.165, 1.54) is 10.9 Å². The van der Waals surface area contributed by atoms with Crippen molar-refractivity contribution in [3.8, 4) is 5.75 Å². The van der Waals surface area contributed by atoms with Gasteiger partial charge >= 0.3 is 0 Å². The maximum absolute atomic E-state index is 13.5. The number of benzene rings is 1. The zero-order valence-corrected chi connectivity index (χ0v) is 20.4. The fourth-order valence-corrected chi connectivity index (χ4v) is 6.86. The average Bonchev–Trinajstić information content (AvgIpc) is 3.47. The van der Waals surface area contributed by atoms with E-state index < -0.39 is 0 Å². The van der Waals surface area contributed by atoms with Gasteiger partial charge in [0.1, 0.15) is 10.8 Å². The number of fused-ring (bicyclic) bond motifs is 4. The van der Waals surface area contributed by atoms with Gasteiger partial charge in [-0.25, -0.2) is 4.98 Å². The predicted octanol–water partition coefficient (Wildman–Crippen LogP) is 3.84. The van der Waals surface area contributed by atoms with Crippen LogP contribution in [0.4, 0.5) is 0 Å². The van der Waals surface area contributed by atoms with Crippen molar-refractivity contribution >= 4 is 28.1 Å². The summed E-state index contributed by atoms with van der Waals surface area (Å²) in [5.41, 5.74) is 3.21. The topological polar surface area (TPSA) is 81.7 Å². The molecule has 3 aromatic rings. The number of aromatic nitrogens is 2. The SMILES string of the molecule is COc1ccc2c3c([nH]c2c1)[C@H](CO)N(C(=O)C1CCC1)CC31CCN(Cc2nccs2)CC1. The Labute approximate surface area is 203 Å². The van der Waals surface area contributed by atoms with Crippen LogP contribution in [0.5, 0.6) is 5.75 Å². The molecule has 1 saturated heterocycles. The van der Waals surface area contributed by atoms with Gasteiger partial charge in [-0.1, -0.05) is 6.42 Å². The van der Waals surface area contributed by atoms with Crippen molar-refractivity contribution in [2.75, 3.05) is 33.4 Å². The summed E-state index contributed by atoms with van der Waals surface area (Å²) in [5, 5.41) is 14.9. The second-order valence-corrected chi connectivity index (χ2v) is 11.1. The zero-order valence-electron chi connectivity index (χ0n) is 19.6. The van der Waals surface area contributed by atoms with E-state index in [0.717, 1.165) is 73.7 Å². The molecule has 180 valence electrons. The molecular formula is C26H32N4O3S. The van der Waals surface area contributed by atoms with E-state index in [1.54, 1.807) is 18.4 Å². The normalized spacial score (nSPS) is 22.6. The number of aliphatic hydroxyl groups is 1. The summed E-state index contributed by atoms with van der Waals surface area (Å²) in [5.74, 6) is 1.14. The van der Waals surface area contributed by atoms with Crippen molar-refractivity contribution in [3.63, 3.8) is 0 Å². The number of rotatable bonds is 5. The highest BCUT2D eigenvalue weighted by Gasteiger charge is 2.49. The van der Waals surface area contributed by atoms with Crippen molar-refractivity contribution < 1.29 is 14.6 Å². The van der Waals surface area contributed by atoms with Crippen molar-refractivity contribution in [3.05, 3.63) is 46.0 Å². The van der Waals surface area contributed by atoms with Crippen LogP contribution in [0.3, 0.4) is 0 Å². The maximum atomic E-state index is 13.5. The molecule has 6 rings (SSSR count). The summed E-state index contributed by atoms with van der Waals surface area (Å²) >= 11 is 1.71. The molecule has 4 heterocycles. The van der Waals surface area contributed by atoms with Gasteiger partial charge < -0.3 is 19.7 Å². The van der Waals surface area contributed by atoms with Crippen LogP contribution in [0.1, 0.15) is 54.4 Å². The molecule has 1 amide bonds. The molecule has 2 aliphatic heterocycles. The van der Waals surface area contributed by atoms with Crippen LogP contribution in [-0.2, 0) is 16.8 Å². The number of carbonyl (C=O) groups excluding carboxylic acids is 1. The van der Waals surface area contributed by atoms with E-state index in [1.807, 2.05) is 28.6 Å². The summed E-state index contributed by atoms with van der Waals surface area (Å²) in [6.07, 6.45) is 6.91. The van der Waals surface area contributed by atoms with Crippen LogP contribution in [0.2, 0.25) is 0 Å². The lowest BCUT2D eigenvalue weighted by Crippen LogP contribution is -2.56. The molecule has 3 aliphatic rings. The van der Waals surface area contributed by atoms with Crippen LogP contribution in [-0.4, -0.2) is 64.1 Å². The van der Waals surface area contributed by atoms with E-state index >= 15 is 0 Å². The third-order valence-corrected chi connectivity index (χ3v) is 9.08. The first kappa shape index (κ1) is 22.1. The second kappa shape index (κ2) is 8.66. The quantitative estimate of drug-likeness (QED) is 0.580. The Balaban J connectivity index is 1.40. The standard InChI is InChI=1S/C26H32N4O3S/c1-33-18-5-6-19-20(13-18)28-24-21(15-31)30(25(32)17-3-2-4-17)16-26(23(19)24)7-10-29(11-8-26)14-22-27-9-12-34-22/h5-6,9,12-13,17,21,28,31H,2-4,7-8,10-11,14-16H2,1H3/t21-/m0/s1. The van der Waals surface area contributed by atoms with Gasteiger partial charge in [-0.05, 0) is 56.5 Å². The van der Waals surface area contributed by atoms with E-state index in [0.29, 0.717) is 6.54 Å². The Morgan fingerprint density at radius 3 is 2.79 bits per heavy atom. The molecule has 1 aromatic carbocycles. The van der Waals surface area contributed by atoms with E-state index in [9.17, 15) is 9.90 Å². The Morgan fingerprint density at radius 2 is 2.15 bits per heavy atom. The molecule has 34 heavy (non-hydrogen) atoms. The molecule has 2 N–H and O–H groups in total. The number of ether oxygens (including phenoxy) is 1. The average molecular weight is 481 g/mol. The summed E-state index contributed by atoms with van der Waals surface area (Å²) in [7, 11) is 1.68. The number of piperidine rings is 1. The second-order valence-electron chi connectivity index (χ2n) is 10.1. The third kappa shape index (κ3) is 3.54. The van der Waals surface area contributed by atoms with E-state index in [4.69, 9.17) is 4.74 Å². The Bertz CT molecular complexity index is 1180. The van der Waals surface area contributed by atoms with Gasteiger partial charge in [-0.3, -0.25) is 9.69 Å². The molecule has 1 saturated carbocycles. The van der Waals surface area contributed by atoms with Crippen LogP contribution in [0.15, 0.2) is 29.8 Å². The van der Waals surface area contributed by atoms with Crippen molar-refractivity contribution in [1.29, 1.82) is 0 Å². The number of thiazole rings is 1. The van der Waals surface area contributed by atoms with Gasteiger partial charge in [0.2, 0.25) is 5.91 Å². The molecule has 7 nitrogen and oxygen atoms in total. The Morgan fingerprint density at radius 1 is 1.32 bits per heavy atom. The third-order valence-electron chi connectivity index (χ3n) is 8.31. The monoisotopic (exact) mass is 480 g/mol. The summed E-state index contributed by atoms with van der Waals surface area (Å²) in [6.45, 7) is 3.44. The number of aliphatic hydroxyl groups excluding tert-OH is 1. The molecule has 8 heteroatoms. The number of likely N-dealkylation sites (tertiary alicyclic amines) is 1. The summed E-state index contributed by atoms with van der Waals surface area (Å²) in [6, 6.07) is 5.87. The predicted molar refractivity (Wildman–Crippen MR) is 132 cm³/mol. The summed E-state index contributed by atoms with van der Waals surface area (Å²) in [4.78, 5) is 26.1. The number of amides is 1. The fourth-order valence-electron chi connectivity index (χ4n) is 6.20. The van der Waals surface area contributed by atoms with Gasteiger partial charge in [-0.2, -0.15) is 0 Å². The molecular weight excluding hydrogens is 448 g/mol. The van der Waals surface area contributed by atoms with E-state index in [-0.39, 0.29) is 29.9 Å². The Hall–Kier alpha value is -2.42. The van der Waals surface area contributed by atoms with Crippen LogP contribution in [0, 0.1) is 5.92 Å². The Kier molecular flexibility index (Phi) is 5.62. The molecule has 2 aromatic heterocycles. The lowest BCUT2D eigenvalue weighted by molar-refractivity contribution is -0.144. The minimum atomic E-state index is -0.319. The lowest BCUT2D eigenvalue weighted by atomic mass is 9.67. The van der Waals surface area contributed by atoms with Gasteiger partial charge in [0.25, 0.3) is 0 Å². The van der Waals surface area contributed by atoms with E-state index in [2.05, 4.69) is 20.9 Å². The number of nitrogens with zero attached hydrogens (tertiary/aromatic N) is 3. The first-order valence-electron chi connectivity index (χ1n) is 12.3. The molecule has 0 unspecified atom stereocenters. The molecule has 2 fully saturated rings. The number of aromatic amines is 1. The molecule has 1 atom stereocenters. The number of H-pyrrole nitrogens is 1. The smallest absolute Gasteiger partial charge is 0.226 e. The molecule has 1 spiro atoms. The van der Waals surface area contributed by atoms with Crippen molar-refractivity contribution in [2.24, 2.45) is 5.92 Å². The lowest BCUT2D eigenvalue weighted by Gasteiger charge is -2.51. The zero-order chi connectivity index (χ0) is 23.3. The minimum Gasteiger partial charge on any atom is -0.497 e. The van der Waals surface area contributed by atoms with Crippen LogP contribution in [0.25, 0.3) is 10.9 Å². The highest BCUT2D eigenvalue weighted by atomic mass is 32.1. The number of nitrogens with one attached hydrogen (secondary N) is 1. The fraction of sp³-hybridized carbons (Fsp3) is 0.538. The number of carbonyl (C=O) groups is 1. The number of methoxy groups -OCH3 is 1. The first-order valence-corrected chi connectivity index (χ1v) is 13.2. The van der Waals surface area contributed by atoms with Crippen molar-refractivity contribution in [1.82, 2.24) is 19.8 Å². The molecule has 1 aliphatic carbocycles. The van der Waals surface area contributed by atoms with Crippen molar-refractivity contribution in [2.45, 2.75) is 50.1 Å². The number of hydrogen-bond donors (Lipinski definition) is 2. The summed E-state index contributed by atoms with van der Waals surface area (Å²) < 4.78 is 5.48. The maximum Gasteiger partial charge on any atom is 0.226 e. The molecule has 0 bridgehead atoms. The number of hydrogen-bond acceptors (Lipinski definition) is 6. The van der Waals surface area contributed by atoms with Gasteiger partial charge in [0.05, 0.1) is 26.3 Å². The highest BCUT2D eigenvalue weighted by Crippen LogP contribution is 2.50. The van der Waals surface area contributed by atoms with Crippen LogP contribution < -0.4 is 4.74 Å². The largest absolute Gasteiger partial charge is 0.497 e. The van der Waals surface area contributed by atoms with Crippen LogP contribution >= 0.6 is 11.3 Å².